The van der Waals surface area contributed by atoms with E-state index in [1.807, 2.05) is 0 Å². The number of carboxylic acid groups (broad SMARTS) is 2. The molecule has 20 heteroatoms. The maximum atomic E-state index is 14.0. The van der Waals surface area contributed by atoms with Crippen molar-refractivity contribution >= 4 is 41.6 Å². The highest BCUT2D eigenvalue weighted by molar-refractivity contribution is 6.28. The quantitative estimate of drug-likeness (QED) is 0.103. The number of aromatic nitrogens is 1. The second kappa shape index (κ2) is 12.2. The van der Waals surface area contributed by atoms with E-state index in [0.29, 0.717) is 0 Å². The van der Waals surface area contributed by atoms with Crippen LogP contribution in [0.25, 0.3) is 6.08 Å². The lowest BCUT2D eigenvalue weighted by Crippen LogP contribution is -2.48. The summed E-state index contributed by atoms with van der Waals surface area (Å²) in [4.78, 5) is 83.5. The van der Waals surface area contributed by atoms with Gasteiger partial charge in [-0.25, -0.2) is 0 Å². The Kier molecular flexibility index (Phi) is 9.59. The molecule has 0 spiro atoms. The number of aliphatic carboxylic acids is 2. The lowest BCUT2D eigenvalue weighted by atomic mass is 9.91. The molecule has 0 radical (unpaired) electrons. The zero-order valence-corrected chi connectivity index (χ0v) is 21.1. The Morgan fingerprint density at radius 3 is 1.79 bits per heavy atom. The summed E-state index contributed by atoms with van der Waals surface area (Å²) in [6, 6.07) is 0. The largest absolute Gasteiger partial charge is 0.494 e. The number of amides is 4. The molecule has 14 nitrogen and oxygen atoms in total. The van der Waals surface area contributed by atoms with Crippen LogP contribution in [-0.4, -0.2) is 73.1 Å². The lowest BCUT2D eigenvalue weighted by Gasteiger charge is -2.30. The number of hydrogen-bond acceptors (Lipinski definition) is 8. The standard InChI is InChI=1S/C23H18F6N4O10/c24-22(25,26)14-8(18(40)32(6-4-10(34)35)20(42)12(14)16(30)38)2-1-3-9-15(23(27,28)29)13(17(31)39)21(43)33(19(9)41)7-5-11(36)37/h1-3,42H,4-7H2,(H2,30,38)(H2,31,39)(H,34,35)(H,36,37)/b2-1?,9-3-. The van der Waals surface area contributed by atoms with Crippen LogP contribution in [0, 0.1) is 0 Å². The van der Waals surface area contributed by atoms with Crippen LogP contribution in [0.3, 0.4) is 0 Å². The van der Waals surface area contributed by atoms with Crippen molar-refractivity contribution < 1.29 is 70.4 Å². The van der Waals surface area contributed by atoms with Crippen molar-refractivity contribution in [2.24, 2.45) is 11.5 Å². The van der Waals surface area contributed by atoms with E-state index in [1.54, 1.807) is 0 Å². The highest BCUT2D eigenvalue weighted by atomic mass is 19.4. The molecule has 0 bridgehead atoms. The molecule has 2 rings (SSSR count). The second-order valence-electron chi connectivity index (χ2n) is 8.41. The van der Waals surface area contributed by atoms with Crippen LogP contribution in [0.5, 0.6) is 5.88 Å². The van der Waals surface area contributed by atoms with Gasteiger partial charge in [-0.15, -0.1) is 0 Å². The molecule has 1 aromatic heterocycles. The van der Waals surface area contributed by atoms with Gasteiger partial charge in [-0.2, -0.15) is 26.3 Å². The Morgan fingerprint density at radius 1 is 0.814 bits per heavy atom. The molecular formula is C23H18F6N4O10. The first-order valence-electron chi connectivity index (χ1n) is 11.3. The maximum Gasteiger partial charge on any atom is 0.418 e. The fraction of sp³-hybridized carbons (Fsp3) is 0.261. The van der Waals surface area contributed by atoms with Crippen LogP contribution >= 0.6 is 0 Å². The monoisotopic (exact) mass is 624 g/mol. The molecular weight excluding hydrogens is 606 g/mol. The molecule has 43 heavy (non-hydrogen) atoms. The minimum absolute atomic E-state index is 0.0283. The number of primary amides is 2. The zero-order valence-electron chi connectivity index (χ0n) is 21.1. The van der Waals surface area contributed by atoms with Gasteiger partial charge in [0.25, 0.3) is 29.2 Å². The fourth-order valence-electron chi connectivity index (χ4n) is 3.88. The molecule has 1 aliphatic heterocycles. The Hall–Kier alpha value is -5.43. The highest BCUT2D eigenvalue weighted by Gasteiger charge is 2.50. The number of rotatable bonds is 10. The van der Waals surface area contributed by atoms with Gasteiger partial charge in [0.05, 0.1) is 35.1 Å². The van der Waals surface area contributed by atoms with E-state index in [1.165, 1.54) is 0 Å². The molecule has 0 aromatic carbocycles. The average Bonchev–Trinajstić information content (AvgIpc) is 2.83. The lowest BCUT2D eigenvalue weighted by molar-refractivity contribution is -0.146. The Bertz CT molecular complexity index is 1580. The number of alkyl halides is 6. The summed E-state index contributed by atoms with van der Waals surface area (Å²) in [5.41, 5.74) is -2.94. The predicted molar refractivity (Wildman–Crippen MR) is 127 cm³/mol. The van der Waals surface area contributed by atoms with Crippen LogP contribution in [0.4, 0.5) is 26.3 Å². The van der Waals surface area contributed by atoms with Crippen molar-refractivity contribution in [3.05, 3.63) is 55.9 Å². The maximum absolute atomic E-state index is 14.0. The first kappa shape index (κ1) is 33.8. The number of aromatic hydroxyl groups is 1. The molecule has 1 aromatic rings. The van der Waals surface area contributed by atoms with Crippen molar-refractivity contribution in [3.8, 4) is 5.88 Å². The van der Waals surface area contributed by atoms with E-state index in [9.17, 15) is 65.0 Å². The Labute approximate surface area is 233 Å². The van der Waals surface area contributed by atoms with Crippen molar-refractivity contribution in [2.75, 3.05) is 6.54 Å². The highest BCUT2D eigenvalue weighted by Crippen LogP contribution is 2.39. The number of carbonyl (C=O) groups excluding carboxylic acids is 4. The number of halogens is 6. The van der Waals surface area contributed by atoms with Gasteiger partial charge in [0.1, 0.15) is 11.1 Å². The number of hydrogen-bond donors (Lipinski definition) is 5. The summed E-state index contributed by atoms with van der Waals surface area (Å²) in [6.07, 6.45) is -12.7. The number of carbonyl (C=O) groups is 6. The summed E-state index contributed by atoms with van der Waals surface area (Å²) in [5.74, 6) is -12.6. The Balaban J connectivity index is 2.96. The molecule has 0 saturated carbocycles. The van der Waals surface area contributed by atoms with Crippen LogP contribution in [-0.2, 0) is 36.7 Å². The summed E-state index contributed by atoms with van der Waals surface area (Å²) in [6.45, 7) is -2.05. The van der Waals surface area contributed by atoms with Crippen LogP contribution in [0.15, 0.2) is 33.7 Å². The van der Waals surface area contributed by atoms with Gasteiger partial charge in [-0.05, 0) is 12.2 Å². The van der Waals surface area contributed by atoms with E-state index in [4.69, 9.17) is 21.7 Å². The third kappa shape index (κ3) is 7.08. The number of imide groups is 1. The topological polar surface area (TPSA) is 240 Å². The number of allylic oxidation sites excluding steroid dienone is 2. The van der Waals surface area contributed by atoms with Gasteiger partial charge >= 0.3 is 24.3 Å². The van der Waals surface area contributed by atoms with Crippen LogP contribution in [0.2, 0.25) is 0 Å². The molecule has 7 N–H and O–H groups in total. The van der Waals surface area contributed by atoms with Crippen LogP contribution in [0.1, 0.15) is 34.3 Å². The molecule has 0 fully saturated rings. The van der Waals surface area contributed by atoms with Gasteiger partial charge in [0.2, 0.25) is 5.88 Å². The fourth-order valence-corrected chi connectivity index (χ4v) is 3.88. The van der Waals surface area contributed by atoms with Crippen molar-refractivity contribution in [1.29, 1.82) is 0 Å². The minimum atomic E-state index is -5.66. The number of nitrogens with zero attached hydrogens (tertiary/aromatic N) is 2. The molecule has 0 aliphatic carbocycles. The first-order chi connectivity index (χ1) is 19.6. The number of carboxylic acids is 2. The third-order valence-corrected chi connectivity index (χ3v) is 5.61. The molecule has 0 atom stereocenters. The van der Waals surface area contributed by atoms with Gasteiger partial charge in [-0.3, -0.25) is 43.0 Å². The van der Waals surface area contributed by atoms with E-state index >= 15 is 0 Å². The number of pyridine rings is 1. The van der Waals surface area contributed by atoms with Crippen molar-refractivity contribution in [2.45, 2.75) is 31.7 Å². The summed E-state index contributed by atoms with van der Waals surface area (Å²) >= 11 is 0. The number of nitrogens with two attached hydrogens (primary N) is 2. The molecule has 0 saturated heterocycles. The van der Waals surface area contributed by atoms with E-state index in [2.05, 4.69) is 0 Å². The van der Waals surface area contributed by atoms with Gasteiger partial charge < -0.3 is 26.8 Å². The smallest absolute Gasteiger partial charge is 0.418 e. The van der Waals surface area contributed by atoms with Gasteiger partial charge in [-0.1, -0.05) is 6.08 Å². The molecule has 4 amide bonds. The first-order valence-corrected chi connectivity index (χ1v) is 11.3. The average molecular weight is 624 g/mol. The predicted octanol–water partition coefficient (Wildman–Crippen LogP) is 0.274. The van der Waals surface area contributed by atoms with Gasteiger partial charge in [0.15, 0.2) is 0 Å². The van der Waals surface area contributed by atoms with E-state index in [0.717, 1.165) is 0 Å². The van der Waals surface area contributed by atoms with E-state index in [-0.39, 0.29) is 27.7 Å². The summed E-state index contributed by atoms with van der Waals surface area (Å²) < 4.78 is 83.7. The van der Waals surface area contributed by atoms with Gasteiger partial charge in [0, 0.05) is 13.1 Å². The Morgan fingerprint density at radius 2 is 1.35 bits per heavy atom. The van der Waals surface area contributed by atoms with E-state index < -0.39 is 119 Å². The molecule has 2 heterocycles. The minimum Gasteiger partial charge on any atom is -0.494 e. The van der Waals surface area contributed by atoms with Crippen molar-refractivity contribution in [1.82, 2.24) is 9.47 Å². The zero-order chi connectivity index (χ0) is 33.2. The third-order valence-electron chi connectivity index (χ3n) is 5.61. The summed E-state index contributed by atoms with van der Waals surface area (Å²) in [7, 11) is 0. The normalized spacial score (nSPS) is 15.5. The summed E-state index contributed by atoms with van der Waals surface area (Å²) in [5, 5.41) is 27.8. The second-order valence-corrected chi connectivity index (χ2v) is 8.41. The molecule has 0 unspecified atom stereocenters. The molecule has 1 aliphatic rings. The molecule has 232 valence electrons. The van der Waals surface area contributed by atoms with Crippen LogP contribution < -0.4 is 17.0 Å². The SMILES string of the molecule is NC(=O)C1=C(C(F)(F)F)/C(=C/C=Cc2c(C(F)(F)F)c(C(N)=O)c(O)n(CCC(=O)O)c2=O)C(=O)N(CCC(=O)O)C1=O. The van der Waals surface area contributed by atoms with Crippen molar-refractivity contribution in [3.63, 3.8) is 0 Å².